The molecule has 0 spiro atoms. The molecule has 1 aliphatic rings. The summed E-state index contributed by atoms with van der Waals surface area (Å²) < 4.78 is 0. The standard InChI is InChI=1S/C14H21N3O6/c1-8(2)13(14(15)22)16-9(18)4-3-5-12(21)23-17-10(19)6-7-11(17)20/h8,13H,3-7H2,1-2H3,(H2,15,22)(H,16,18)/t13-/m1/s1. The minimum Gasteiger partial charge on any atom is -0.368 e. The van der Waals surface area contributed by atoms with Crippen LogP contribution < -0.4 is 11.1 Å². The fraction of sp³-hybridized carbons (Fsp3) is 0.643. The normalized spacial score (nSPS) is 15.7. The molecule has 0 aromatic heterocycles. The van der Waals surface area contributed by atoms with Gasteiger partial charge in [-0.15, -0.1) is 5.06 Å². The van der Waals surface area contributed by atoms with Crippen LogP contribution in [0, 0.1) is 5.92 Å². The zero-order valence-electron chi connectivity index (χ0n) is 13.2. The number of amides is 4. The zero-order chi connectivity index (χ0) is 17.6. The van der Waals surface area contributed by atoms with Gasteiger partial charge in [0.05, 0.1) is 0 Å². The summed E-state index contributed by atoms with van der Waals surface area (Å²) in [7, 11) is 0. The lowest BCUT2D eigenvalue weighted by molar-refractivity contribution is -0.197. The summed E-state index contributed by atoms with van der Waals surface area (Å²) in [5.41, 5.74) is 5.18. The van der Waals surface area contributed by atoms with Crippen molar-refractivity contribution in [3.63, 3.8) is 0 Å². The van der Waals surface area contributed by atoms with Crippen LogP contribution in [0.15, 0.2) is 0 Å². The highest BCUT2D eigenvalue weighted by Gasteiger charge is 2.32. The van der Waals surface area contributed by atoms with Gasteiger partial charge in [-0.1, -0.05) is 13.8 Å². The van der Waals surface area contributed by atoms with Gasteiger partial charge >= 0.3 is 5.97 Å². The number of primary amides is 1. The maximum absolute atomic E-state index is 11.7. The highest BCUT2D eigenvalue weighted by atomic mass is 16.7. The maximum atomic E-state index is 11.7. The molecule has 1 rings (SSSR count). The van der Waals surface area contributed by atoms with Crippen molar-refractivity contribution in [1.29, 1.82) is 0 Å². The molecule has 9 heteroatoms. The number of hydrogen-bond acceptors (Lipinski definition) is 6. The van der Waals surface area contributed by atoms with E-state index in [0.29, 0.717) is 5.06 Å². The van der Waals surface area contributed by atoms with Gasteiger partial charge in [-0.05, 0) is 12.3 Å². The van der Waals surface area contributed by atoms with Crippen molar-refractivity contribution in [1.82, 2.24) is 10.4 Å². The minimum atomic E-state index is -0.769. The van der Waals surface area contributed by atoms with E-state index in [4.69, 9.17) is 5.73 Å². The molecule has 0 bridgehead atoms. The average molecular weight is 327 g/mol. The topological polar surface area (TPSA) is 136 Å². The number of hydrogen-bond donors (Lipinski definition) is 2. The summed E-state index contributed by atoms with van der Waals surface area (Å²) in [5.74, 6) is -3.06. The third kappa shape index (κ3) is 5.68. The monoisotopic (exact) mass is 327 g/mol. The number of nitrogens with one attached hydrogen (secondary N) is 1. The van der Waals surface area contributed by atoms with Gasteiger partial charge in [0, 0.05) is 25.7 Å². The lowest BCUT2D eigenvalue weighted by Crippen LogP contribution is -2.47. The van der Waals surface area contributed by atoms with Gasteiger partial charge in [0.25, 0.3) is 11.8 Å². The third-order valence-electron chi connectivity index (χ3n) is 3.27. The molecule has 0 aliphatic carbocycles. The number of carbonyl (C=O) groups is 5. The number of hydroxylamine groups is 2. The highest BCUT2D eigenvalue weighted by Crippen LogP contribution is 2.13. The Labute approximate surface area is 133 Å². The van der Waals surface area contributed by atoms with Crippen LogP contribution in [0.2, 0.25) is 0 Å². The van der Waals surface area contributed by atoms with Crippen molar-refractivity contribution < 1.29 is 28.8 Å². The molecule has 128 valence electrons. The van der Waals surface area contributed by atoms with Gasteiger partial charge < -0.3 is 15.9 Å². The van der Waals surface area contributed by atoms with Gasteiger partial charge in [-0.25, -0.2) is 4.79 Å². The second-order valence-corrected chi connectivity index (χ2v) is 5.59. The van der Waals surface area contributed by atoms with Crippen molar-refractivity contribution in [2.24, 2.45) is 11.7 Å². The van der Waals surface area contributed by atoms with Crippen molar-refractivity contribution in [2.45, 2.75) is 52.0 Å². The first-order valence-corrected chi connectivity index (χ1v) is 7.37. The van der Waals surface area contributed by atoms with Crippen LogP contribution in [0.5, 0.6) is 0 Å². The fourth-order valence-electron chi connectivity index (χ4n) is 2.01. The summed E-state index contributed by atoms with van der Waals surface area (Å²) in [6.45, 7) is 3.49. The Balaban J connectivity index is 2.31. The van der Waals surface area contributed by atoms with Crippen molar-refractivity contribution in [3.8, 4) is 0 Å². The molecule has 0 aromatic carbocycles. The van der Waals surface area contributed by atoms with Gasteiger partial charge in [0.1, 0.15) is 6.04 Å². The predicted molar refractivity (Wildman–Crippen MR) is 77.0 cm³/mol. The third-order valence-corrected chi connectivity index (χ3v) is 3.27. The number of nitrogens with two attached hydrogens (primary N) is 1. The van der Waals surface area contributed by atoms with Gasteiger partial charge in [0.15, 0.2) is 0 Å². The van der Waals surface area contributed by atoms with E-state index in [9.17, 15) is 24.0 Å². The highest BCUT2D eigenvalue weighted by molar-refractivity contribution is 6.01. The molecular formula is C14H21N3O6. The van der Waals surface area contributed by atoms with Crippen LogP contribution in [-0.4, -0.2) is 40.7 Å². The van der Waals surface area contributed by atoms with Crippen LogP contribution in [0.25, 0.3) is 0 Å². The Morgan fingerprint density at radius 1 is 1.17 bits per heavy atom. The van der Waals surface area contributed by atoms with Gasteiger partial charge in [0.2, 0.25) is 11.8 Å². The molecule has 4 amide bonds. The predicted octanol–water partition coefficient (Wildman–Crippen LogP) is -0.610. The summed E-state index contributed by atoms with van der Waals surface area (Å²) in [5, 5.41) is 2.96. The Hall–Kier alpha value is -2.45. The summed E-state index contributed by atoms with van der Waals surface area (Å²) in [6, 6.07) is -0.769. The first-order valence-electron chi connectivity index (χ1n) is 7.37. The number of rotatable bonds is 8. The molecule has 0 radical (unpaired) electrons. The van der Waals surface area contributed by atoms with Gasteiger partial charge in [-0.2, -0.15) is 0 Å². The van der Waals surface area contributed by atoms with Crippen molar-refractivity contribution in [3.05, 3.63) is 0 Å². The molecular weight excluding hydrogens is 306 g/mol. The summed E-state index contributed by atoms with van der Waals surface area (Å²) in [4.78, 5) is 61.6. The number of nitrogens with zero attached hydrogens (tertiary/aromatic N) is 1. The van der Waals surface area contributed by atoms with Crippen LogP contribution in [0.4, 0.5) is 0 Å². The fourth-order valence-corrected chi connectivity index (χ4v) is 2.01. The molecule has 1 atom stereocenters. The van der Waals surface area contributed by atoms with E-state index in [-0.39, 0.29) is 38.0 Å². The molecule has 23 heavy (non-hydrogen) atoms. The smallest absolute Gasteiger partial charge is 0.333 e. The first-order chi connectivity index (χ1) is 10.7. The summed E-state index contributed by atoms with van der Waals surface area (Å²) in [6.07, 6.45) is 0.0712. The second-order valence-electron chi connectivity index (χ2n) is 5.59. The van der Waals surface area contributed by atoms with E-state index in [1.807, 2.05) is 0 Å². The van der Waals surface area contributed by atoms with Crippen LogP contribution in [0.1, 0.15) is 46.0 Å². The largest absolute Gasteiger partial charge is 0.368 e. The zero-order valence-corrected chi connectivity index (χ0v) is 13.2. The minimum absolute atomic E-state index is 0.00646. The van der Waals surface area contributed by atoms with Crippen LogP contribution in [0.3, 0.4) is 0 Å². The quantitative estimate of drug-likeness (QED) is 0.571. The SMILES string of the molecule is CC(C)[C@@H](NC(=O)CCCC(=O)ON1C(=O)CCC1=O)C(N)=O. The Bertz CT molecular complexity index is 501. The molecule has 1 aliphatic heterocycles. The Kier molecular flexibility index (Phi) is 6.67. The lowest BCUT2D eigenvalue weighted by atomic mass is 10.0. The maximum Gasteiger partial charge on any atom is 0.333 e. The molecule has 1 fully saturated rings. The summed E-state index contributed by atoms with van der Waals surface area (Å²) >= 11 is 0. The average Bonchev–Trinajstić information content (AvgIpc) is 2.76. The van der Waals surface area contributed by atoms with Gasteiger partial charge in [-0.3, -0.25) is 19.2 Å². The molecule has 0 unspecified atom stereocenters. The van der Waals surface area contributed by atoms with E-state index in [0.717, 1.165) is 0 Å². The molecule has 9 nitrogen and oxygen atoms in total. The molecule has 3 N–H and O–H groups in total. The van der Waals surface area contributed by atoms with E-state index < -0.39 is 35.6 Å². The first kappa shape index (κ1) is 18.6. The van der Waals surface area contributed by atoms with Crippen LogP contribution in [-0.2, 0) is 28.8 Å². The Morgan fingerprint density at radius 2 is 1.74 bits per heavy atom. The molecule has 1 saturated heterocycles. The molecule has 0 aromatic rings. The van der Waals surface area contributed by atoms with E-state index in [2.05, 4.69) is 10.2 Å². The van der Waals surface area contributed by atoms with E-state index >= 15 is 0 Å². The van der Waals surface area contributed by atoms with Crippen molar-refractivity contribution in [2.75, 3.05) is 0 Å². The van der Waals surface area contributed by atoms with Crippen LogP contribution >= 0.6 is 0 Å². The van der Waals surface area contributed by atoms with Crippen molar-refractivity contribution >= 4 is 29.6 Å². The van der Waals surface area contributed by atoms with E-state index in [1.165, 1.54) is 0 Å². The number of carbonyl (C=O) groups excluding carboxylic acids is 5. The number of imide groups is 1. The molecule has 0 saturated carbocycles. The lowest BCUT2D eigenvalue weighted by Gasteiger charge is -2.18. The Morgan fingerprint density at radius 3 is 2.22 bits per heavy atom. The van der Waals surface area contributed by atoms with E-state index in [1.54, 1.807) is 13.8 Å². The second kappa shape index (κ2) is 8.25. The molecule has 1 heterocycles.